The molecule has 0 spiro atoms. The van der Waals surface area contributed by atoms with E-state index in [4.69, 9.17) is 11.6 Å². The Morgan fingerprint density at radius 1 is 1.07 bits per heavy atom. The highest BCUT2D eigenvalue weighted by Gasteiger charge is 2.37. The minimum atomic E-state index is -1.45. The normalized spacial score (nSPS) is 15.9. The second-order valence-electron chi connectivity index (χ2n) is 7.12. The highest BCUT2D eigenvalue weighted by atomic mass is 35.5. The standard InChI is InChI=1S/C22H24ClFN2O2/c23-19-8-4-7-18(16-19)22(24)10-13-26(14-11-22)21(28)9-12-25-20(27)15-17-5-2-1-3-6-17/h1-8,16H,9-15H2,(H,25,27). The number of nitrogens with one attached hydrogen (secondary N) is 1. The molecule has 28 heavy (non-hydrogen) atoms. The topological polar surface area (TPSA) is 49.4 Å². The molecule has 2 amide bonds. The molecule has 4 nitrogen and oxygen atoms in total. The fourth-order valence-electron chi connectivity index (χ4n) is 3.48. The minimum absolute atomic E-state index is 0.0619. The van der Waals surface area contributed by atoms with Crippen molar-refractivity contribution >= 4 is 23.4 Å². The summed E-state index contributed by atoms with van der Waals surface area (Å²) in [6.45, 7) is 1.01. The summed E-state index contributed by atoms with van der Waals surface area (Å²) >= 11 is 5.97. The average molecular weight is 403 g/mol. The van der Waals surface area contributed by atoms with Gasteiger partial charge in [0.05, 0.1) is 6.42 Å². The molecule has 1 fully saturated rings. The molecule has 1 aliphatic heterocycles. The van der Waals surface area contributed by atoms with Gasteiger partial charge in [0.25, 0.3) is 0 Å². The molecule has 6 heteroatoms. The zero-order valence-electron chi connectivity index (χ0n) is 15.7. The van der Waals surface area contributed by atoms with Gasteiger partial charge in [0.2, 0.25) is 11.8 Å². The van der Waals surface area contributed by atoms with Crippen LogP contribution in [0.4, 0.5) is 4.39 Å². The van der Waals surface area contributed by atoms with E-state index >= 15 is 4.39 Å². The SMILES string of the molecule is O=C(Cc1ccccc1)NCCC(=O)N1CCC(F)(c2cccc(Cl)c2)CC1. The third kappa shape index (κ3) is 5.32. The summed E-state index contributed by atoms with van der Waals surface area (Å²) in [5.41, 5.74) is 0.0499. The molecule has 0 unspecified atom stereocenters. The van der Waals surface area contributed by atoms with Crippen LogP contribution in [0.15, 0.2) is 54.6 Å². The number of rotatable bonds is 6. The van der Waals surface area contributed by atoms with Crippen LogP contribution in [0.1, 0.15) is 30.4 Å². The van der Waals surface area contributed by atoms with Gasteiger partial charge >= 0.3 is 0 Å². The summed E-state index contributed by atoms with van der Waals surface area (Å²) in [4.78, 5) is 26.0. The number of piperidine rings is 1. The van der Waals surface area contributed by atoms with Crippen LogP contribution in [0, 0.1) is 0 Å². The number of carbonyl (C=O) groups excluding carboxylic acids is 2. The van der Waals surface area contributed by atoms with E-state index in [-0.39, 0.29) is 37.6 Å². The highest BCUT2D eigenvalue weighted by Crippen LogP contribution is 2.37. The maximum Gasteiger partial charge on any atom is 0.224 e. The van der Waals surface area contributed by atoms with E-state index in [2.05, 4.69) is 5.32 Å². The summed E-state index contributed by atoms with van der Waals surface area (Å²) in [6, 6.07) is 16.3. The van der Waals surface area contributed by atoms with Gasteiger partial charge in [-0.2, -0.15) is 0 Å². The maximum atomic E-state index is 15.2. The molecule has 1 saturated heterocycles. The van der Waals surface area contributed by atoms with Crippen molar-refractivity contribution < 1.29 is 14.0 Å². The number of hydrogen-bond donors (Lipinski definition) is 1. The lowest BCUT2D eigenvalue weighted by molar-refractivity contribution is -0.134. The largest absolute Gasteiger partial charge is 0.355 e. The van der Waals surface area contributed by atoms with Crippen molar-refractivity contribution in [2.75, 3.05) is 19.6 Å². The van der Waals surface area contributed by atoms with Crippen molar-refractivity contribution in [3.63, 3.8) is 0 Å². The molecule has 148 valence electrons. The first-order chi connectivity index (χ1) is 13.5. The maximum absolute atomic E-state index is 15.2. The highest BCUT2D eigenvalue weighted by molar-refractivity contribution is 6.30. The molecular formula is C22H24ClFN2O2. The Labute approximate surface area is 169 Å². The third-order valence-electron chi connectivity index (χ3n) is 5.12. The van der Waals surface area contributed by atoms with Gasteiger partial charge in [-0.05, 0) is 23.3 Å². The van der Waals surface area contributed by atoms with Crippen LogP contribution < -0.4 is 5.32 Å². The molecule has 0 atom stereocenters. The van der Waals surface area contributed by atoms with Gasteiger partial charge in [0, 0.05) is 43.9 Å². The van der Waals surface area contributed by atoms with E-state index in [0.717, 1.165) is 5.56 Å². The predicted octanol–water partition coefficient (Wildman–Crippen LogP) is 3.88. The molecule has 1 N–H and O–H groups in total. The molecule has 3 rings (SSSR count). The van der Waals surface area contributed by atoms with E-state index in [1.54, 1.807) is 29.2 Å². The number of amides is 2. The van der Waals surface area contributed by atoms with E-state index < -0.39 is 5.67 Å². The fourth-order valence-corrected chi connectivity index (χ4v) is 3.67. The molecule has 1 heterocycles. The number of likely N-dealkylation sites (tertiary alicyclic amines) is 1. The van der Waals surface area contributed by atoms with Gasteiger partial charge in [-0.3, -0.25) is 9.59 Å². The second-order valence-corrected chi connectivity index (χ2v) is 7.56. The number of benzene rings is 2. The van der Waals surface area contributed by atoms with Gasteiger partial charge in [-0.25, -0.2) is 4.39 Å². The van der Waals surface area contributed by atoms with Gasteiger partial charge < -0.3 is 10.2 Å². The lowest BCUT2D eigenvalue weighted by Gasteiger charge is -2.37. The third-order valence-corrected chi connectivity index (χ3v) is 5.35. The van der Waals surface area contributed by atoms with Crippen molar-refractivity contribution in [1.82, 2.24) is 10.2 Å². The zero-order chi connectivity index (χ0) is 20.0. The Kier molecular flexibility index (Phi) is 6.68. The van der Waals surface area contributed by atoms with E-state index in [9.17, 15) is 9.59 Å². The first-order valence-electron chi connectivity index (χ1n) is 9.50. The van der Waals surface area contributed by atoms with Crippen LogP contribution >= 0.6 is 11.6 Å². The number of alkyl halides is 1. The van der Waals surface area contributed by atoms with E-state index in [1.807, 2.05) is 30.3 Å². The summed E-state index contributed by atoms with van der Waals surface area (Å²) in [7, 11) is 0. The van der Waals surface area contributed by atoms with Crippen molar-refractivity contribution in [3.8, 4) is 0 Å². The quantitative estimate of drug-likeness (QED) is 0.797. The Bertz CT molecular complexity index is 820. The summed E-state index contributed by atoms with van der Waals surface area (Å²) in [5, 5.41) is 3.29. The Balaban J connectivity index is 1.42. The van der Waals surface area contributed by atoms with Crippen LogP contribution in [-0.2, 0) is 21.7 Å². The first-order valence-corrected chi connectivity index (χ1v) is 9.87. The average Bonchev–Trinajstić information content (AvgIpc) is 2.69. The summed E-state index contributed by atoms with van der Waals surface area (Å²) < 4.78 is 15.2. The molecule has 2 aromatic rings. The van der Waals surface area contributed by atoms with Crippen LogP contribution in [0.2, 0.25) is 5.02 Å². The van der Waals surface area contributed by atoms with Gasteiger partial charge in [-0.15, -0.1) is 0 Å². The van der Waals surface area contributed by atoms with Crippen molar-refractivity contribution in [3.05, 3.63) is 70.7 Å². The summed E-state index contributed by atoms with van der Waals surface area (Å²) in [5.74, 6) is -0.172. The lowest BCUT2D eigenvalue weighted by Crippen LogP contribution is -2.44. The second kappa shape index (κ2) is 9.20. The lowest BCUT2D eigenvalue weighted by atomic mass is 9.86. The summed E-state index contributed by atoms with van der Waals surface area (Å²) in [6.07, 6.45) is 1.01. The molecule has 0 aromatic heterocycles. The Morgan fingerprint density at radius 2 is 1.79 bits per heavy atom. The molecule has 0 radical (unpaired) electrons. The first kappa shape index (κ1) is 20.3. The molecule has 0 bridgehead atoms. The number of carbonyl (C=O) groups is 2. The molecule has 0 aliphatic carbocycles. The predicted molar refractivity (Wildman–Crippen MR) is 108 cm³/mol. The Hall–Kier alpha value is -2.40. The molecule has 1 aliphatic rings. The van der Waals surface area contributed by atoms with Crippen molar-refractivity contribution in [1.29, 1.82) is 0 Å². The van der Waals surface area contributed by atoms with Crippen LogP contribution in [0.25, 0.3) is 0 Å². The minimum Gasteiger partial charge on any atom is -0.355 e. The van der Waals surface area contributed by atoms with E-state index in [0.29, 0.717) is 30.1 Å². The van der Waals surface area contributed by atoms with Crippen LogP contribution in [0.3, 0.4) is 0 Å². The molecular weight excluding hydrogens is 379 g/mol. The number of halogens is 2. The molecule has 2 aromatic carbocycles. The number of hydrogen-bond acceptors (Lipinski definition) is 2. The number of nitrogens with zero attached hydrogens (tertiary/aromatic N) is 1. The smallest absolute Gasteiger partial charge is 0.224 e. The van der Waals surface area contributed by atoms with Crippen molar-refractivity contribution in [2.24, 2.45) is 0 Å². The molecule has 0 saturated carbocycles. The Morgan fingerprint density at radius 3 is 2.46 bits per heavy atom. The van der Waals surface area contributed by atoms with Gasteiger partial charge in [-0.1, -0.05) is 54.1 Å². The van der Waals surface area contributed by atoms with Crippen molar-refractivity contribution in [2.45, 2.75) is 31.4 Å². The fraction of sp³-hybridized carbons (Fsp3) is 0.364. The van der Waals surface area contributed by atoms with Crippen LogP contribution in [0.5, 0.6) is 0 Å². The zero-order valence-corrected chi connectivity index (χ0v) is 16.4. The van der Waals surface area contributed by atoms with Gasteiger partial charge in [0.1, 0.15) is 5.67 Å². The van der Waals surface area contributed by atoms with Crippen LogP contribution in [-0.4, -0.2) is 36.3 Å². The van der Waals surface area contributed by atoms with Gasteiger partial charge in [0.15, 0.2) is 0 Å². The van der Waals surface area contributed by atoms with E-state index in [1.165, 1.54) is 0 Å². The monoisotopic (exact) mass is 402 g/mol.